The summed E-state index contributed by atoms with van der Waals surface area (Å²) >= 11 is 6.62. The molecule has 2 aromatic rings. The van der Waals surface area contributed by atoms with Crippen molar-refractivity contribution >= 4 is 38.0 Å². The molecule has 0 N–H and O–H groups in total. The van der Waals surface area contributed by atoms with Crippen LogP contribution in [0.4, 0.5) is 9.18 Å². The molecule has 0 saturated carbocycles. The van der Waals surface area contributed by atoms with Crippen molar-refractivity contribution in [1.29, 1.82) is 0 Å². The van der Waals surface area contributed by atoms with Crippen LogP contribution < -0.4 is 0 Å². The lowest BCUT2D eigenvalue weighted by Gasteiger charge is -2.20. The van der Waals surface area contributed by atoms with Crippen molar-refractivity contribution in [3.63, 3.8) is 0 Å². The average molecular weight is 433 g/mol. The zero-order valence-corrected chi connectivity index (χ0v) is 15.9. The van der Waals surface area contributed by atoms with Crippen LogP contribution in [0.2, 0.25) is 0 Å². The van der Waals surface area contributed by atoms with Crippen LogP contribution in [0.25, 0.3) is 11.3 Å². The van der Waals surface area contributed by atoms with E-state index in [2.05, 4.69) is 31.9 Å². The van der Waals surface area contributed by atoms with Crippen molar-refractivity contribution in [3.8, 4) is 11.3 Å². The van der Waals surface area contributed by atoms with Crippen LogP contribution in [0.5, 0.6) is 0 Å². The van der Waals surface area contributed by atoms with E-state index in [1.54, 1.807) is 39.1 Å². The molecule has 0 radical (unpaired) electrons. The Labute approximate surface area is 145 Å². The predicted octanol–water partition coefficient (Wildman–Crippen LogP) is 5.91. The Balaban J connectivity index is 2.54. The number of carbonyl (C=O) groups is 1. The molecule has 0 bridgehead atoms. The second kappa shape index (κ2) is 6.16. The minimum Gasteiger partial charge on any atom is -0.443 e. The first kappa shape index (κ1) is 17.2. The summed E-state index contributed by atoms with van der Waals surface area (Å²) in [6.45, 7) is 7.22. The number of ether oxygens (including phenoxy) is 1. The van der Waals surface area contributed by atoms with E-state index in [9.17, 15) is 9.18 Å². The van der Waals surface area contributed by atoms with Crippen molar-refractivity contribution < 1.29 is 13.9 Å². The maximum Gasteiger partial charge on any atom is 0.419 e. The van der Waals surface area contributed by atoms with E-state index in [4.69, 9.17) is 4.74 Å². The monoisotopic (exact) mass is 431 g/mol. The van der Waals surface area contributed by atoms with Gasteiger partial charge in [-0.3, -0.25) is 4.57 Å². The van der Waals surface area contributed by atoms with Crippen molar-refractivity contribution in [3.05, 3.63) is 44.7 Å². The molecular formula is C16H16Br2FNO2. The molecule has 0 aliphatic heterocycles. The lowest BCUT2D eigenvalue weighted by molar-refractivity contribution is 0.0540. The first-order valence-electron chi connectivity index (χ1n) is 6.66. The highest BCUT2D eigenvalue weighted by Crippen LogP contribution is 2.31. The van der Waals surface area contributed by atoms with E-state index in [1.807, 2.05) is 6.92 Å². The fourth-order valence-electron chi connectivity index (χ4n) is 1.95. The number of aromatic nitrogens is 1. The molecule has 0 atom stereocenters. The average Bonchev–Trinajstić information content (AvgIpc) is 2.74. The molecule has 2 rings (SSSR count). The van der Waals surface area contributed by atoms with E-state index in [-0.39, 0.29) is 0 Å². The van der Waals surface area contributed by atoms with E-state index in [1.165, 1.54) is 10.6 Å². The number of nitrogens with zero attached hydrogens (tertiary/aromatic N) is 1. The molecule has 0 unspecified atom stereocenters. The van der Waals surface area contributed by atoms with Gasteiger partial charge in [-0.05, 0) is 67.4 Å². The molecule has 0 aliphatic carbocycles. The molecule has 1 heterocycles. The zero-order valence-electron chi connectivity index (χ0n) is 12.7. The summed E-state index contributed by atoms with van der Waals surface area (Å²) in [6, 6.07) is 4.78. The fourth-order valence-corrected chi connectivity index (χ4v) is 2.69. The van der Waals surface area contributed by atoms with Gasteiger partial charge < -0.3 is 4.74 Å². The first-order valence-corrected chi connectivity index (χ1v) is 8.24. The van der Waals surface area contributed by atoms with Gasteiger partial charge in [0.25, 0.3) is 0 Å². The van der Waals surface area contributed by atoms with Gasteiger partial charge >= 0.3 is 6.09 Å². The number of benzene rings is 1. The summed E-state index contributed by atoms with van der Waals surface area (Å²) in [5, 5.41) is 0. The Hall–Kier alpha value is -1.14. The van der Waals surface area contributed by atoms with E-state index in [0.29, 0.717) is 20.2 Å². The summed E-state index contributed by atoms with van der Waals surface area (Å²) in [4.78, 5) is 12.3. The quantitative estimate of drug-likeness (QED) is 0.560. The molecule has 0 amide bonds. The first-order chi connectivity index (χ1) is 10.1. The maximum absolute atomic E-state index is 14.3. The summed E-state index contributed by atoms with van der Waals surface area (Å²) in [5.74, 6) is -0.409. The second-order valence-corrected chi connectivity index (χ2v) is 7.75. The lowest BCUT2D eigenvalue weighted by Crippen LogP contribution is -2.27. The van der Waals surface area contributed by atoms with Crippen LogP contribution >= 0.6 is 31.9 Å². The molecule has 1 aromatic heterocycles. The molecule has 3 nitrogen and oxygen atoms in total. The van der Waals surface area contributed by atoms with Gasteiger partial charge in [-0.15, -0.1) is 0 Å². The van der Waals surface area contributed by atoms with Crippen LogP contribution in [0, 0.1) is 12.7 Å². The number of hydrogen-bond donors (Lipinski definition) is 0. The van der Waals surface area contributed by atoms with Gasteiger partial charge in [0.1, 0.15) is 11.4 Å². The molecule has 0 fully saturated rings. The second-order valence-electron chi connectivity index (χ2n) is 5.98. The summed E-state index contributed by atoms with van der Waals surface area (Å²) < 4.78 is 22.3. The Bertz CT molecular complexity index is 732. The standard InChI is InChI=1S/C16H16Br2FNO2/c1-9-5-11(13(19)7-12(9)18)14-6-10(17)8-20(14)15(21)22-16(2,3)4/h5-8H,1-4H3. The summed E-state index contributed by atoms with van der Waals surface area (Å²) in [7, 11) is 0. The molecular weight excluding hydrogens is 417 g/mol. The molecule has 1 aromatic carbocycles. The number of carbonyl (C=O) groups excluding carboxylic acids is 1. The SMILES string of the molecule is Cc1cc(-c2cc(Br)cn2C(=O)OC(C)(C)C)c(F)cc1Br. The minimum atomic E-state index is -0.626. The maximum atomic E-state index is 14.3. The minimum absolute atomic E-state index is 0.345. The molecule has 118 valence electrons. The highest BCUT2D eigenvalue weighted by atomic mass is 79.9. The van der Waals surface area contributed by atoms with Gasteiger partial charge in [-0.1, -0.05) is 15.9 Å². The van der Waals surface area contributed by atoms with E-state index >= 15 is 0 Å². The number of rotatable bonds is 1. The van der Waals surface area contributed by atoms with Gasteiger partial charge in [0.2, 0.25) is 0 Å². The van der Waals surface area contributed by atoms with Gasteiger partial charge in [0, 0.05) is 20.7 Å². The lowest BCUT2D eigenvalue weighted by atomic mass is 10.1. The van der Waals surface area contributed by atoms with E-state index in [0.717, 1.165) is 5.56 Å². The van der Waals surface area contributed by atoms with Crippen molar-refractivity contribution in [2.45, 2.75) is 33.3 Å². The van der Waals surface area contributed by atoms with Gasteiger partial charge in [0.15, 0.2) is 0 Å². The number of hydrogen-bond acceptors (Lipinski definition) is 2. The van der Waals surface area contributed by atoms with Crippen molar-refractivity contribution in [2.24, 2.45) is 0 Å². The highest BCUT2D eigenvalue weighted by molar-refractivity contribution is 9.10. The molecule has 22 heavy (non-hydrogen) atoms. The third-order valence-electron chi connectivity index (χ3n) is 2.90. The van der Waals surface area contributed by atoms with Crippen LogP contribution in [0.15, 0.2) is 33.3 Å². The molecule has 0 saturated heterocycles. The normalized spacial score (nSPS) is 11.6. The van der Waals surface area contributed by atoms with Crippen LogP contribution in [0.1, 0.15) is 26.3 Å². The number of aryl methyl sites for hydroxylation is 1. The molecule has 0 spiro atoms. The van der Waals surface area contributed by atoms with Crippen LogP contribution in [-0.4, -0.2) is 16.3 Å². The fraction of sp³-hybridized carbons (Fsp3) is 0.312. The highest BCUT2D eigenvalue weighted by Gasteiger charge is 2.22. The van der Waals surface area contributed by atoms with Gasteiger partial charge in [0.05, 0.1) is 5.69 Å². The van der Waals surface area contributed by atoms with Crippen molar-refractivity contribution in [1.82, 2.24) is 4.57 Å². The van der Waals surface area contributed by atoms with Crippen LogP contribution in [-0.2, 0) is 4.74 Å². The summed E-state index contributed by atoms with van der Waals surface area (Å²) in [6.07, 6.45) is 1.02. The summed E-state index contributed by atoms with van der Waals surface area (Å²) in [5.41, 5.74) is 1.04. The van der Waals surface area contributed by atoms with Gasteiger partial charge in [-0.25, -0.2) is 9.18 Å². The third kappa shape index (κ3) is 3.79. The number of halogens is 3. The largest absolute Gasteiger partial charge is 0.443 e. The Kier molecular flexibility index (Phi) is 4.82. The smallest absolute Gasteiger partial charge is 0.419 e. The Morgan fingerprint density at radius 1 is 1.23 bits per heavy atom. The third-order valence-corrected chi connectivity index (χ3v) is 4.19. The van der Waals surface area contributed by atoms with E-state index < -0.39 is 17.5 Å². The molecule has 0 aliphatic rings. The van der Waals surface area contributed by atoms with Crippen LogP contribution in [0.3, 0.4) is 0 Å². The predicted molar refractivity (Wildman–Crippen MR) is 91.6 cm³/mol. The zero-order chi connectivity index (χ0) is 16.7. The molecule has 6 heteroatoms. The Morgan fingerprint density at radius 3 is 2.45 bits per heavy atom. The Morgan fingerprint density at radius 2 is 1.86 bits per heavy atom. The topological polar surface area (TPSA) is 31.2 Å². The van der Waals surface area contributed by atoms with Crippen molar-refractivity contribution in [2.75, 3.05) is 0 Å². The van der Waals surface area contributed by atoms with Gasteiger partial charge in [-0.2, -0.15) is 0 Å².